The smallest absolute Gasteiger partial charge is 0.122 e. The van der Waals surface area contributed by atoms with Crippen LogP contribution in [0.2, 0.25) is 0 Å². The van der Waals surface area contributed by atoms with Crippen LogP contribution in [-0.4, -0.2) is 42.7 Å². The van der Waals surface area contributed by atoms with Crippen molar-refractivity contribution in [3.63, 3.8) is 0 Å². The summed E-state index contributed by atoms with van der Waals surface area (Å²) in [6.07, 6.45) is 14.6. The second-order valence-electron chi connectivity index (χ2n) is 9.96. The Kier molecular flexibility index (Phi) is 6.80. The van der Waals surface area contributed by atoms with E-state index in [-0.39, 0.29) is 0 Å². The van der Waals surface area contributed by atoms with Crippen LogP contribution >= 0.6 is 0 Å². The third kappa shape index (κ3) is 5.48. The molecule has 7 heteroatoms. The predicted octanol–water partition coefficient (Wildman–Crippen LogP) is 4.69. The van der Waals surface area contributed by atoms with E-state index in [1.165, 1.54) is 16.7 Å². The third-order valence-electron chi connectivity index (χ3n) is 7.35. The van der Waals surface area contributed by atoms with Gasteiger partial charge in [-0.25, -0.2) is 9.97 Å². The van der Waals surface area contributed by atoms with Crippen LogP contribution in [0.15, 0.2) is 89.7 Å². The highest BCUT2D eigenvalue weighted by Crippen LogP contribution is 2.29. The molecular formula is C30H33N7. The molecule has 0 fully saturated rings. The Balaban J connectivity index is 1.17. The Morgan fingerprint density at radius 3 is 2.73 bits per heavy atom. The quantitative estimate of drug-likeness (QED) is 0.356. The minimum atomic E-state index is 0.312. The van der Waals surface area contributed by atoms with E-state index in [0.29, 0.717) is 12.1 Å². The van der Waals surface area contributed by atoms with Gasteiger partial charge in [0, 0.05) is 44.8 Å². The average molecular weight is 492 g/mol. The fraction of sp³-hybridized carbons (Fsp3) is 0.300. The third-order valence-corrected chi connectivity index (χ3v) is 7.35. The molecule has 0 radical (unpaired) electrons. The Morgan fingerprint density at radius 1 is 1.03 bits per heavy atom. The van der Waals surface area contributed by atoms with Gasteiger partial charge >= 0.3 is 0 Å². The summed E-state index contributed by atoms with van der Waals surface area (Å²) in [6.45, 7) is 3.21. The summed E-state index contributed by atoms with van der Waals surface area (Å²) in [6, 6.07) is 17.9. The van der Waals surface area contributed by atoms with Crippen LogP contribution in [0.5, 0.6) is 0 Å². The molecule has 0 spiro atoms. The second-order valence-corrected chi connectivity index (χ2v) is 9.96. The number of hydrogen-bond acceptors (Lipinski definition) is 5. The van der Waals surface area contributed by atoms with Crippen molar-refractivity contribution in [2.75, 3.05) is 0 Å². The van der Waals surface area contributed by atoms with Crippen molar-refractivity contribution in [2.24, 2.45) is 12.0 Å². The Hall–Kier alpha value is -3.81. The number of dihydropyridines is 1. The highest BCUT2D eigenvalue weighted by atomic mass is 15.2. The van der Waals surface area contributed by atoms with Gasteiger partial charge in [-0.05, 0) is 47.8 Å². The first-order valence-electron chi connectivity index (χ1n) is 13.1. The van der Waals surface area contributed by atoms with E-state index in [4.69, 9.17) is 4.98 Å². The predicted molar refractivity (Wildman–Crippen MR) is 148 cm³/mol. The Morgan fingerprint density at radius 2 is 1.89 bits per heavy atom. The molecule has 2 unspecified atom stereocenters. The molecule has 2 N–H and O–H groups in total. The van der Waals surface area contributed by atoms with Gasteiger partial charge in [0.1, 0.15) is 11.6 Å². The molecule has 0 bridgehead atoms. The summed E-state index contributed by atoms with van der Waals surface area (Å²) in [5.41, 5.74) is 6.02. The van der Waals surface area contributed by atoms with Gasteiger partial charge in [-0.1, -0.05) is 48.6 Å². The number of aryl methyl sites for hydroxylation is 1. The highest BCUT2D eigenvalue weighted by Gasteiger charge is 2.26. The first kappa shape index (κ1) is 23.6. The van der Waals surface area contributed by atoms with Crippen LogP contribution in [0.3, 0.4) is 0 Å². The summed E-state index contributed by atoms with van der Waals surface area (Å²) < 4.78 is 2.05. The fourth-order valence-corrected chi connectivity index (χ4v) is 5.28. The lowest BCUT2D eigenvalue weighted by Gasteiger charge is -2.34. The van der Waals surface area contributed by atoms with Crippen molar-refractivity contribution in [2.45, 2.75) is 51.1 Å². The summed E-state index contributed by atoms with van der Waals surface area (Å²) in [5.74, 6) is 2.05. The monoisotopic (exact) mass is 491 g/mol. The minimum absolute atomic E-state index is 0.312. The number of allylic oxidation sites excluding steroid dienone is 1. The maximum atomic E-state index is 4.88. The van der Waals surface area contributed by atoms with Crippen molar-refractivity contribution in [3.05, 3.63) is 108 Å². The molecule has 188 valence electrons. The molecule has 2 aromatic heterocycles. The molecule has 7 nitrogen and oxygen atoms in total. The first-order chi connectivity index (χ1) is 18.2. The number of fused-ring (bicyclic) bond motifs is 2. The molecule has 2 atom stereocenters. The van der Waals surface area contributed by atoms with Gasteiger partial charge in [-0.2, -0.15) is 0 Å². The summed E-state index contributed by atoms with van der Waals surface area (Å²) >= 11 is 0. The maximum Gasteiger partial charge on any atom is 0.122 e. The molecule has 37 heavy (non-hydrogen) atoms. The maximum absolute atomic E-state index is 4.88. The number of aromatic nitrogens is 4. The lowest BCUT2D eigenvalue weighted by molar-refractivity contribution is 0.188. The normalized spacial score (nSPS) is 18.9. The number of hydrogen-bond donors (Lipinski definition) is 2. The van der Waals surface area contributed by atoms with Gasteiger partial charge in [0.25, 0.3) is 0 Å². The van der Waals surface area contributed by atoms with Crippen LogP contribution in [-0.2, 0) is 33.2 Å². The standard InChI is InChI=1S/C30H33N7/c1-36-16-15-33-30(36)19-31-18-22-8-10-23(11-9-22)20-37(21-29-34-27-6-2-3-7-28(27)35-29)25-12-13-26-24(17-25)5-4-14-32-26/h2-11,14-17,25-26,31H,12-13,18-21H2,1H3,(H,34,35). The number of aliphatic imine (C=N–C) groups is 1. The van der Waals surface area contributed by atoms with E-state index in [2.05, 4.69) is 85.9 Å². The van der Waals surface area contributed by atoms with Gasteiger partial charge in [0.15, 0.2) is 0 Å². The van der Waals surface area contributed by atoms with Crippen molar-refractivity contribution >= 4 is 17.2 Å². The zero-order valence-electron chi connectivity index (χ0n) is 21.2. The van der Waals surface area contributed by atoms with Gasteiger partial charge in [-0.3, -0.25) is 9.89 Å². The van der Waals surface area contributed by atoms with Crippen LogP contribution < -0.4 is 5.32 Å². The molecule has 0 saturated carbocycles. The summed E-state index contributed by atoms with van der Waals surface area (Å²) in [7, 11) is 2.02. The number of H-pyrrole nitrogens is 1. The Labute approximate surface area is 217 Å². The molecule has 2 aromatic carbocycles. The van der Waals surface area contributed by atoms with E-state index in [0.717, 1.165) is 61.7 Å². The molecule has 3 heterocycles. The highest BCUT2D eigenvalue weighted by molar-refractivity contribution is 5.75. The van der Waals surface area contributed by atoms with Crippen molar-refractivity contribution < 1.29 is 0 Å². The molecule has 0 amide bonds. The van der Waals surface area contributed by atoms with Crippen LogP contribution in [0.25, 0.3) is 11.0 Å². The van der Waals surface area contributed by atoms with Crippen LogP contribution in [0, 0.1) is 0 Å². The van der Waals surface area contributed by atoms with Gasteiger partial charge in [-0.15, -0.1) is 0 Å². The molecular weight excluding hydrogens is 458 g/mol. The van der Waals surface area contributed by atoms with Crippen molar-refractivity contribution in [1.82, 2.24) is 29.7 Å². The molecule has 4 aromatic rings. The Bertz CT molecular complexity index is 1410. The van der Waals surface area contributed by atoms with Crippen molar-refractivity contribution in [3.8, 4) is 0 Å². The van der Waals surface area contributed by atoms with Crippen LogP contribution in [0.4, 0.5) is 0 Å². The molecule has 1 aliphatic carbocycles. The van der Waals surface area contributed by atoms with Crippen LogP contribution in [0.1, 0.15) is 35.6 Å². The molecule has 0 saturated heterocycles. The first-order valence-corrected chi connectivity index (χ1v) is 13.1. The van der Waals surface area contributed by atoms with Crippen molar-refractivity contribution in [1.29, 1.82) is 0 Å². The summed E-state index contributed by atoms with van der Waals surface area (Å²) in [4.78, 5) is 20.0. The number of nitrogens with one attached hydrogen (secondary N) is 2. The topological polar surface area (TPSA) is 74.1 Å². The fourth-order valence-electron chi connectivity index (χ4n) is 5.28. The SMILES string of the molecule is Cn1ccnc1CNCc1ccc(CN(Cc2nc3ccccc3[nH]2)C2C=C3C=CC=NC3CC2)cc1. The number of benzene rings is 2. The lowest BCUT2D eigenvalue weighted by Crippen LogP contribution is -2.37. The number of para-hydroxylation sites is 2. The second kappa shape index (κ2) is 10.7. The minimum Gasteiger partial charge on any atom is -0.341 e. The largest absolute Gasteiger partial charge is 0.341 e. The zero-order chi connectivity index (χ0) is 25.0. The number of imidazole rings is 2. The lowest BCUT2D eigenvalue weighted by atomic mass is 9.89. The van der Waals surface area contributed by atoms with Gasteiger partial charge in [0.05, 0.1) is 30.2 Å². The van der Waals surface area contributed by atoms with E-state index in [1.54, 1.807) is 0 Å². The zero-order valence-corrected chi connectivity index (χ0v) is 21.2. The number of rotatable bonds is 9. The number of aromatic amines is 1. The van der Waals surface area contributed by atoms with E-state index in [9.17, 15) is 0 Å². The summed E-state index contributed by atoms with van der Waals surface area (Å²) in [5, 5.41) is 3.50. The molecule has 6 rings (SSSR count). The van der Waals surface area contributed by atoms with Gasteiger partial charge < -0.3 is 14.9 Å². The molecule has 2 aliphatic rings. The number of nitrogens with zero attached hydrogens (tertiary/aromatic N) is 5. The molecule has 1 aliphatic heterocycles. The van der Waals surface area contributed by atoms with E-state index >= 15 is 0 Å². The average Bonchev–Trinajstić information content (AvgIpc) is 3.54. The van der Waals surface area contributed by atoms with Gasteiger partial charge in [0.2, 0.25) is 0 Å². The van der Waals surface area contributed by atoms with E-state index < -0.39 is 0 Å². The van der Waals surface area contributed by atoms with E-state index in [1.807, 2.05) is 36.3 Å².